The standard InChI is InChI=1S/C21H22N2O2S/c24-21(23(19-7-8-19)14-17-10-11-25-15-17)22-18-4-1-3-16(13-18)6-9-20-5-2-12-26-20/h1-5,12-13,17,19H,7-8,10-11,14-15H2,(H,22,24)/t17-/m1/s1. The highest BCUT2D eigenvalue weighted by Gasteiger charge is 2.34. The van der Waals surface area contributed by atoms with Gasteiger partial charge < -0.3 is 15.0 Å². The Kier molecular flexibility index (Phi) is 5.24. The molecule has 2 amide bonds. The van der Waals surface area contributed by atoms with Gasteiger partial charge >= 0.3 is 6.03 Å². The van der Waals surface area contributed by atoms with E-state index in [1.807, 2.05) is 46.7 Å². The van der Waals surface area contributed by atoms with Gasteiger partial charge in [-0.1, -0.05) is 24.0 Å². The Bertz CT molecular complexity index is 812. The maximum absolute atomic E-state index is 12.8. The van der Waals surface area contributed by atoms with Crippen molar-refractivity contribution < 1.29 is 9.53 Å². The fraction of sp³-hybridized carbons (Fsp3) is 0.381. The molecule has 1 atom stereocenters. The molecular formula is C21H22N2O2S. The minimum Gasteiger partial charge on any atom is -0.381 e. The molecule has 1 aliphatic carbocycles. The van der Waals surface area contributed by atoms with E-state index >= 15 is 0 Å². The molecule has 1 saturated heterocycles. The van der Waals surface area contributed by atoms with Gasteiger partial charge in [0, 0.05) is 36.4 Å². The molecule has 0 bridgehead atoms. The topological polar surface area (TPSA) is 41.6 Å². The number of carbonyl (C=O) groups excluding carboxylic acids is 1. The lowest BCUT2D eigenvalue weighted by molar-refractivity contribution is 0.167. The van der Waals surface area contributed by atoms with Crippen LogP contribution in [0.5, 0.6) is 0 Å². The van der Waals surface area contributed by atoms with Gasteiger partial charge in [-0.3, -0.25) is 0 Å². The average Bonchev–Trinajstić information content (AvgIpc) is 3.12. The van der Waals surface area contributed by atoms with Gasteiger partial charge in [0.15, 0.2) is 0 Å². The third-order valence-corrected chi connectivity index (χ3v) is 5.48. The highest BCUT2D eigenvalue weighted by molar-refractivity contribution is 7.10. The molecule has 1 aromatic carbocycles. The van der Waals surface area contributed by atoms with Crippen molar-refractivity contribution >= 4 is 23.1 Å². The summed E-state index contributed by atoms with van der Waals surface area (Å²) in [5, 5.41) is 5.07. The molecule has 2 heterocycles. The first-order chi connectivity index (χ1) is 12.8. The van der Waals surface area contributed by atoms with Crippen molar-refractivity contribution in [3.63, 3.8) is 0 Å². The molecule has 0 radical (unpaired) electrons. The Balaban J connectivity index is 1.42. The van der Waals surface area contributed by atoms with Gasteiger partial charge in [-0.15, -0.1) is 11.3 Å². The van der Waals surface area contributed by atoms with Crippen molar-refractivity contribution in [1.29, 1.82) is 0 Å². The summed E-state index contributed by atoms with van der Waals surface area (Å²) in [7, 11) is 0. The minimum absolute atomic E-state index is 0.0113. The molecule has 1 aromatic heterocycles. The Morgan fingerprint density at radius 3 is 2.88 bits per heavy atom. The molecule has 2 aromatic rings. The van der Waals surface area contributed by atoms with Gasteiger partial charge in [0.2, 0.25) is 0 Å². The summed E-state index contributed by atoms with van der Waals surface area (Å²) in [5.74, 6) is 6.78. The van der Waals surface area contributed by atoms with Crippen LogP contribution in [0.4, 0.5) is 10.5 Å². The van der Waals surface area contributed by atoms with E-state index in [1.165, 1.54) is 0 Å². The van der Waals surface area contributed by atoms with Crippen LogP contribution in [0.25, 0.3) is 0 Å². The smallest absolute Gasteiger partial charge is 0.322 e. The Hall–Kier alpha value is -2.29. The van der Waals surface area contributed by atoms with Gasteiger partial charge in [-0.05, 0) is 48.9 Å². The Morgan fingerprint density at radius 1 is 1.23 bits per heavy atom. The Labute approximate surface area is 158 Å². The highest BCUT2D eigenvalue weighted by Crippen LogP contribution is 2.29. The van der Waals surface area contributed by atoms with E-state index in [-0.39, 0.29) is 6.03 Å². The number of ether oxygens (including phenoxy) is 1. The summed E-state index contributed by atoms with van der Waals surface area (Å²) >= 11 is 1.63. The maximum atomic E-state index is 12.8. The summed E-state index contributed by atoms with van der Waals surface area (Å²) < 4.78 is 5.46. The molecule has 4 rings (SSSR count). The highest BCUT2D eigenvalue weighted by atomic mass is 32.1. The molecule has 1 N–H and O–H groups in total. The zero-order valence-electron chi connectivity index (χ0n) is 14.6. The fourth-order valence-corrected chi connectivity index (χ4v) is 3.71. The molecule has 0 spiro atoms. The molecule has 2 fully saturated rings. The molecule has 4 nitrogen and oxygen atoms in total. The van der Waals surface area contributed by atoms with Crippen LogP contribution in [-0.2, 0) is 4.74 Å². The summed E-state index contributed by atoms with van der Waals surface area (Å²) in [4.78, 5) is 15.8. The normalized spacial score (nSPS) is 18.8. The minimum atomic E-state index is -0.0113. The number of benzene rings is 1. The lowest BCUT2D eigenvalue weighted by Crippen LogP contribution is -2.40. The van der Waals surface area contributed by atoms with Crippen LogP contribution in [0.15, 0.2) is 41.8 Å². The number of thiophene rings is 1. The van der Waals surface area contributed by atoms with Gasteiger partial charge in [-0.25, -0.2) is 4.79 Å². The number of nitrogens with one attached hydrogen (secondary N) is 1. The predicted molar refractivity (Wildman–Crippen MR) is 104 cm³/mol. The molecule has 1 saturated carbocycles. The van der Waals surface area contributed by atoms with Crippen molar-refractivity contribution in [1.82, 2.24) is 4.90 Å². The zero-order chi connectivity index (χ0) is 17.8. The maximum Gasteiger partial charge on any atom is 0.322 e. The third kappa shape index (κ3) is 4.46. The number of rotatable bonds is 4. The second-order valence-corrected chi connectivity index (χ2v) is 7.80. The second kappa shape index (κ2) is 7.94. The molecule has 26 heavy (non-hydrogen) atoms. The third-order valence-electron chi connectivity index (χ3n) is 4.69. The SMILES string of the molecule is O=C(Nc1cccc(C#Cc2cccs2)c1)N(C[C@H]1CCOC1)C1CC1. The van der Waals surface area contributed by atoms with Crippen LogP contribution in [0.1, 0.15) is 29.7 Å². The monoisotopic (exact) mass is 366 g/mol. The number of carbonyl (C=O) groups is 1. The van der Waals surface area contributed by atoms with E-state index in [9.17, 15) is 4.79 Å². The number of hydrogen-bond donors (Lipinski definition) is 1. The van der Waals surface area contributed by atoms with Gasteiger partial charge in [0.25, 0.3) is 0 Å². The second-order valence-electron chi connectivity index (χ2n) is 6.85. The number of nitrogens with zero attached hydrogens (tertiary/aromatic N) is 1. The van der Waals surface area contributed by atoms with Crippen molar-refractivity contribution in [3.8, 4) is 11.8 Å². The van der Waals surface area contributed by atoms with Crippen LogP contribution in [-0.4, -0.2) is 36.7 Å². The quantitative estimate of drug-likeness (QED) is 0.825. The van der Waals surface area contributed by atoms with Crippen LogP contribution < -0.4 is 5.32 Å². The van der Waals surface area contributed by atoms with E-state index < -0.39 is 0 Å². The lowest BCUT2D eigenvalue weighted by Gasteiger charge is -2.25. The molecule has 5 heteroatoms. The van der Waals surface area contributed by atoms with Gasteiger partial charge in [-0.2, -0.15) is 0 Å². The number of urea groups is 1. The first kappa shape index (κ1) is 17.1. The summed E-state index contributed by atoms with van der Waals surface area (Å²) in [5.41, 5.74) is 1.69. The first-order valence-corrected chi connectivity index (χ1v) is 9.97. The van der Waals surface area contributed by atoms with E-state index in [2.05, 4.69) is 17.2 Å². The average molecular weight is 366 g/mol. The molecular weight excluding hydrogens is 344 g/mol. The van der Waals surface area contributed by atoms with E-state index in [1.54, 1.807) is 11.3 Å². The van der Waals surface area contributed by atoms with E-state index in [0.717, 1.165) is 55.1 Å². The fourth-order valence-electron chi connectivity index (χ4n) is 3.14. The Morgan fingerprint density at radius 2 is 2.15 bits per heavy atom. The van der Waals surface area contributed by atoms with Crippen molar-refractivity contribution in [2.75, 3.05) is 25.1 Å². The summed E-state index contributed by atoms with van der Waals surface area (Å²) in [6.45, 7) is 2.37. The van der Waals surface area contributed by atoms with E-state index in [4.69, 9.17) is 4.74 Å². The largest absolute Gasteiger partial charge is 0.381 e. The van der Waals surface area contributed by atoms with Crippen molar-refractivity contribution in [2.24, 2.45) is 5.92 Å². The summed E-state index contributed by atoms with van der Waals surface area (Å²) in [6.07, 6.45) is 3.25. The van der Waals surface area contributed by atoms with Crippen LogP contribution in [0.2, 0.25) is 0 Å². The number of hydrogen-bond acceptors (Lipinski definition) is 3. The number of anilines is 1. The molecule has 0 unspecified atom stereocenters. The van der Waals surface area contributed by atoms with Crippen molar-refractivity contribution in [3.05, 3.63) is 52.2 Å². The molecule has 2 aliphatic rings. The lowest BCUT2D eigenvalue weighted by atomic mass is 10.1. The van der Waals surface area contributed by atoms with E-state index in [0.29, 0.717) is 12.0 Å². The summed E-state index contributed by atoms with van der Waals surface area (Å²) in [6, 6.07) is 12.1. The zero-order valence-corrected chi connectivity index (χ0v) is 15.4. The van der Waals surface area contributed by atoms with Gasteiger partial charge in [0.1, 0.15) is 0 Å². The predicted octanol–water partition coefficient (Wildman–Crippen LogP) is 4.18. The van der Waals surface area contributed by atoms with Crippen LogP contribution in [0.3, 0.4) is 0 Å². The van der Waals surface area contributed by atoms with Crippen LogP contribution in [0, 0.1) is 17.8 Å². The van der Waals surface area contributed by atoms with Crippen LogP contribution >= 0.6 is 11.3 Å². The van der Waals surface area contributed by atoms with Crippen molar-refractivity contribution in [2.45, 2.75) is 25.3 Å². The first-order valence-electron chi connectivity index (χ1n) is 9.09. The molecule has 134 valence electrons. The van der Waals surface area contributed by atoms with Gasteiger partial charge in [0.05, 0.1) is 11.5 Å². The molecule has 1 aliphatic heterocycles. The number of amides is 2.